The van der Waals surface area contributed by atoms with Gasteiger partial charge in [-0.2, -0.15) is 0 Å². The summed E-state index contributed by atoms with van der Waals surface area (Å²) in [6.45, 7) is 5.84. The van der Waals surface area contributed by atoms with Gasteiger partial charge >= 0.3 is 12.0 Å². The standard InChI is InChI=1S/C26H34N4O4/c1-33-25(31)20-34-24-9-7-23(8-10-24)29-15-17-30(18-16-29)26(32)27-22-11-13-28(14-12-22)19-21-5-3-2-4-6-21/h2-10,22H,11-20H2,1H3,(H,27,32). The Labute approximate surface area is 201 Å². The third kappa shape index (κ3) is 6.63. The molecular formula is C26H34N4O4. The van der Waals surface area contributed by atoms with Crippen LogP contribution in [0.2, 0.25) is 0 Å². The zero-order chi connectivity index (χ0) is 23.8. The molecule has 0 spiro atoms. The van der Waals surface area contributed by atoms with Crippen LogP contribution in [-0.2, 0) is 16.1 Å². The molecule has 0 bridgehead atoms. The molecule has 0 aromatic heterocycles. The van der Waals surface area contributed by atoms with Crippen LogP contribution in [0.3, 0.4) is 0 Å². The number of hydrogen-bond acceptors (Lipinski definition) is 6. The van der Waals surface area contributed by atoms with E-state index in [1.54, 1.807) is 0 Å². The minimum atomic E-state index is -0.406. The first-order valence-electron chi connectivity index (χ1n) is 12.0. The number of hydrogen-bond donors (Lipinski definition) is 1. The zero-order valence-electron chi connectivity index (χ0n) is 19.8. The quantitative estimate of drug-likeness (QED) is 0.633. The summed E-state index contributed by atoms with van der Waals surface area (Å²) in [6.07, 6.45) is 1.98. The van der Waals surface area contributed by atoms with Gasteiger partial charge < -0.3 is 24.6 Å². The molecule has 4 rings (SSSR count). The van der Waals surface area contributed by atoms with Gasteiger partial charge in [-0.05, 0) is 42.7 Å². The second kappa shape index (κ2) is 11.7. The topological polar surface area (TPSA) is 74.3 Å². The van der Waals surface area contributed by atoms with Crippen molar-refractivity contribution in [3.8, 4) is 5.75 Å². The average Bonchev–Trinajstić information content (AvgIpc) is 2.89. The number of anilines is 1. The molecular weight excluding hydrogens is 432 g/mol. The van der Waals surface area contributed by atoms with Gasteiger partial charge in [0.25, 0.3) is 0 Å². The number of piperazine rings is 1. The first kappa shape index (κ1) is 23.9. The van der Waals surface area contributed by atoms with Crippen molar-refractivity contribution < 1.29 is 19.1 Å². The molecule has 182 valence electrons. The van der Waals surface area contributed by atoms with Gasteiger partial charge in [0.2, 0.25) is 0 Å². The van der Waals surface area contributed by atoms with Gasteiger partial charge in [0.1, 0.15) is 5.75 Å². The summed E-state index contributed by atoms with van der Waals surface area (Å²) in [6, 6.07) is 18.5. The van der Waals surface area contributed by atoms with E-state index in [4.69, 9.17) is 4.74 Å². The van der Waals surface area contributed by atoms with E-state index >= 15 is 0 Å². The molecule has 2 aromatic rings. The molecule has 8 nitrogen and oxygen atoms in total. The molecule has 0 unspecified atom stereocenters. The van der Waals surface area contributed by atoms with Gasteiger partial charge in [-0.25, -0.2) is 9.59 Å². The van der Waals surface area contributed by atoms with Crippen LogP contribution in [0.4, 0.5) is 10.5 Å². The molecule has 0 aliphatic carbocycles. The summed E-state index contributed by atoms with van der Waals surface area (Å²) in [7, 11) is 1.34. The number of benzene rings is 2. The van der Waals surface area contributed by atoms with Gasteiger partial charge in [0.05, 0.1) is 7.11 Å². The monoisotopic (exact) mass is 466 g/mol. The fourth-order valence-electron chi connectivity index (χ4n) is 4.47. The van der Waals surface area contributed by atoms with E-state index in [1.165, 1.54) is 12.7 Å². The molecule has 1 N–H and O–H groups in total. The third-order valence-electron chi connectivity index (χ3n) is 6.52. The Bertz CT molecular complexity index is 922. The predicted molar refractivity (Wildman–Crippen MR) is 131 cm³/mol. The summed E-state index contributed by atoms with van der Waals surface area (Å²) >= 11 is 0. The second-order valence-electron chi connectivity index (χ2n) is 8.82. The van der Waals surface area contributed by atoms with Crippen molar-refractivity contribution in [2.75, 3.05) is 57.9 Å². The van der Waals surface area contributed by atoms with Crippen molar-refractivity contribution in [3.63, 3.8) is 0 Å². The normalized spacial score (nSPS) is 17.3. The van der Waals surface area contributed by atoms with Crippen LogP contribution in [0.25, 0.3) is 0 Å². The lowest BCUT2D eigenvalue weighted by Gasteiger charge is -2.38. The molecule has 2 saturated heterocycles. The Balaban J connectivity index is 1.17. The smallest absolute Gasteiger partial charge is 0.343 e. The molecule has 2 heterocycles. The SMILES string of the molecule is COC(=O)COc1ccc(N2CCN(C(=O)NC3CCN(Cc4ccccc4)CC3)CC2)cc1. The lowest BCUT2D eigenvalue weighted by atomic mass is 10.0. The van der Waals surface area contributed by atoms with E-state index in [0.717, 1.165) is 51.3 Å². The first-order chi connectivity index (χ1) is 16.6. The molecule has 2 amide bonds. The minimum Gasteiger partial charge on any atom is -0.482 e. The summed E-state index contributed by atoms with van der Waals surface area (Å²) < 4.78 is 9.98. The van der Waals surface area contributed by atoms with Gasteiger partial charge in [-0.3, -0.25) is 4.90 Å². The summed E-state index contributed by atoms with van der Waals surface area (Å²) in [5.41, 5.74) is 2.42. The van der Waals surface area contributed by atoms with E-state index < -0.39 is 5.97 Å². The van der Waals surface area contributed by atoms with Crippen LogP contribution in [0, 0.1) is 0 Å². The predicted octanol–water partition coefficient (Wildman–Crippen LogP) is 2.73. The number of ether oxygens (including phenoxy) is 2. The molecule has 0 radical (unpaired) electrons. The second-order valence-corrected chi connectivity index (χ2v) is 8.82. The highest BCUT2D eigenvalue weighted by Gasteiger charge is 2.25. The van der Waals surface area contributed by atoms with Crippen molar-refractivity contribution in [1.29, 1.82) is 0 Å². The zero-order valence-corrected chi connectivity index (χ0v) is 19.8. The number of nitrogens with zero attached hydrogens (tertiary/aromatic N) is 3. The number of rotatable bonds is 7. The Morgan fingerprint density at radius 3 is 2.24 bits per heavy atom. The molecule has 0 atom stereocenters. The molecule has 8 heteroatoms. The van der Waals surface area contributed by atoms with Crippen molar-refractivity contribution in [2.24, 2.45) is 0 Å². The first-order valence-corrected chi connectivity index (χ1v) is 12.0. The molecule has 2 aliphatic rings. The van der Waals surface area contributed by atoms with E-state index in [2.05, 4.69) is 44.1 Å². The Kier molecular flexibility index (Phi) is 8.25. The lowest BCUT2D eigenvalue weighted by Crippen LogP contribution is -2.54. The maximum atomic E-state index is 12.8. The molecule has 2 aliphatic heterocycles. The van der Waals surface area contributed by atoms with Gasteiger partial charge in [-0.15, -0.1) is 0 Å². The maximum absolute atomic E-state index is 12.8. The number of urea groups is 1. The highest BCUT2D eigenvalue weighted by molar-refractivity contribution is 5.75. The minimum absolute atomic E-state index is 0.0488. The molecule has 34 heavy (non-hydrogen) atoms. The Morgan fingerprint density at radius 2 is 1.59 bits per heavy atom. The fourth-order valence-corrected chi connectivity index (χ4v) is 4.47. The number of likely N-dealkylation sites (tertiary alicyclic amines) is 1. The number of nitrogens with one attached hydrogen (secondary N) is 1. The number of piperidine rings is 1. The lowest BCUT2D eigenvalue weighted by molar-refractivity contribution is -0.142. The Hall–Kier alpha value is -3.26. The Morgan fingerprint density at radius 1 is 0.912 bits per heavy atom. The number of carbonyl (C=O) groups excluding carboxylic acids is 2. The molecule has 2 aromatic carbocycles. The van der Waals surface area contributed by atoms with E-state index in [-0.39, 0.29) is 18.7 Å². The van der Waals surface area contributed by atoms with E-state index in [0.29, 0.717) is 18.8 Å². The van der Waals surface area contributed by atoms with Crippen molar-refractivity contribution >= 4 is 17.7 Å². The van der Waals surface area contributed by atoms with Gasteiger partial charge in [-0.1, -0.05) is 30.3 Å². The largest absolute Gasteiger partial charge is 0.482 e. The highest BCUT2D eigenvalue weighted by Crippen LogP contribution is 2.21. The highest BCUT2D eigenvalue weighted by atomic mass is 16.6. The maximum Gasteiger partial charge on any atom is 0.343 e. The van der Waals surface area contributed by atoms with Gasteiger partial charge in [0.15, 0.2) is 6.61 Å². The number of esters is 1. The fraction of sp³-hybridized carbons (Fsp3) is 0.462. The van der Waals surface area contributed by atoms with Crippen LogP contribution in [0.15, 0.2) is 54.6 Å². The average molecular weight is 467 g/mol. The van der Waals surface area contributed by atoms with Crippen LogP contribution >= 0.6 is 0 Å². The van der Waals surface area contributed by atoms with Crippen molar-refractivity contribution in [2.45, 2.75) is 25.4 Å². The van der Waals surface area contributed by atoms with Crippen LogP contribution in [-0.4, -0.2) is 80.8 Å². The molecule has 2 fully saturated rings. The molecule has 0 saturated carbocycles. The van der Waals surface area contributed by atoms with Crippen molar-refractivity contribution in [1.82, 2.24) is 15.1 Å². The van der Waals surface area contributed by atoms with E-state index in [1.807, 2.05) is 35.2 Å². The number of methoxy groups -OCH3 is 1. The summed E-state index contributed by atoms with van der Waals surface area (Å²) in [5, 5.41) is 3.25. The number of carbonyl (C=O) groups is 2. The van der Waals surface area contributed by atoms with E-state index in [9.17, 15) is 9.59 Å². The van der Waals surface area contributed by atoms with Crippen LogP contribution in [0.5, 0.6) is 5.75 Å². The number of amides is 2. The third-order valence-corrected chi connectivity index (χ3v) is 6.52. The van der Waals surface area contributed by atoms with Crippen molar-refractivity contribution in [3.05, 3.63) is 60.2 Å². The summed E-state index contributed by atoms with van der Waals surface area (Å²) in [5.74, 6) is 0.221. The summed E-state index contributed by atoms with van der Waals surface area (Å²) in [4.78, 5) is 30.6. The van der Waals surface area contributed by atoms with Crippen LogP contribution < -0.4 is 15.0 Å². The van der Waals surface area contributed by atoms with Gasteiger partial charge in [0, 0.05) is 57.5 Å². The van der Waals surface area contributed by atoms with Crippen LogP contribution in [0.1, 0.15) is 18.4 Å².